The lowest BCUT2D eigenvalue weighted by Crippen LogP contribution is -2.25. The van der Waals surface area contributed by atoms with Crippen molar-refractivity contribution in [2.75, 3.05) is 26.8 Å². The van der Waals surface area contributed by atoms with Gasteiger partial charge in [0.1, 0.15) is 0 Å². The quantitative estimate of drug-likeness (QED) is 0.433. The van der Waals surface area contributed by atoms with E-state index in [4.69, 9.17) is 4.74 Å². The van der Waals surface area contributed by atoms with Gasteiger partial charge in [-0.15, -0.1) is 0 Å². The van der Waals surface area contributed by atoms with E-state index >= 15 is 0 Å². The molecule has 6 nitrogen and oxygen atoms in total. The van der Waals surface area contributed by atoms with E-state index in [2.05, 4.69) is 5.32 Å². The lowest BCUT2D eigenvalue weighted by atomic mass is 10.1. The monoisotopic (exact) mass is 258 g/mol. The van der Waals surface area contributed by atoms with Gasteiger partial charge in [0.15, 0.2) is 0 Å². The van der Waals surface area contributed by atoms with Crippen molar-refractivity contribution >= 4 is 5.69 Å². The molecule has 0 aromatic heterocycles. The van der Waals surface area contributed by atoms with Crippen LogP contribution in [0.2, 0.25) is 0 Å². The highest BCUT2D eigenvalue weighted by molar-refractivity contribution is 5.37. The lowest BCUT2D eigenvalue weighted by Gasteiger charge is -2.12. The van der Waals surface area contributed by atoms with Crippen LogP contribution in [0.5, 0.6) is 0 Å². The van der Waals surface area contributed by atoms with Crippen LogP contribution in [0.1, 0.15) is 11.7 Å². The molecule has 1 atom stereocenters. The second-order valence-corrected chi connectivity index (χ2v) is 3.68. The summed E-state index contributed by atoms with van der Waals surface area (Å²) in [7, 11) is 1.56. The molecule has 0 fully saturated rings. The molecule has 18 heavy (non-hydrogen) atoms. The first-order valence-corrected chi connectivity index (χ1v) is 5.37. The summed E-state index contributed by atoms with van der Waals surface area (Å²) < 4.78 is 17.9. The number of nitro groups is 1. The Morgan fingerprint density at radius 3 is 2.94 bits per heavy atom. The van der Waals surface area contributed by atoms with Crippen LogP contribution in [0.15, 0.2) is 18.2 Å². The molecule has 0 amide bonds. The highest BCUT2D eigenvalue weighted by atomic mass is 19.1. The van der Waals surface area contributed by atoms with Crippen LogP contribution in [0.3, 0.4) is 0 Å². The molecule has 0 aliphatic heterocycles. The fourth-order valence-electron chi connectivity index (χ4n) is 1.41. The fraction of sp³-hybridized carbons (Fsp3) is 0.455. The van der Waals surface area contributed by atoms with Gasteiger partial charge < -0.3 is 15.2 Å². The van der Waals surface area contributed by atoms with Gasteiger partial charge in [0.2, 0.25) is 5.82 Å². The van der Waals surface area contributed by atoms with Crippen molar-refractivity contribution in [3.63, 3.8) is 0 Å². The van der Waals surface area contributed by atoms with E-state index in [1.165, 1.54) is 6.07 Å². The van der Waals surface area contributed by atoms with Crippen LogP contribution >= 0.6 is 0 Å². The van der Waals surface area contributed by atoms with Crippen LogP contribution in [-0.2, 0) is 4.74 Å². The molecule has 1 unspecified atom stereocenters. The van der Waals surface area contributed by atoms with Crippen LogP contribution in [-0.4, -0.2) is 36.8 Å². The van der Waals surface area contributed by atoms with Gasteiger partial charge in [0, 0.05) is 26.3 Å². The van der Waals surface area contributed by atoms with E-state index < -0.39 is 22.5 Å². The minimum atomic E-state index is -0.929. The Balaban J connectivity index is 2.65. The maximum absolute atomic E-state index is 13.1. The lowest BCUT2D eigenvalue weighted by molar-refractivity contribution is -0.387. The van der Waals surface area contributed by atoms with Gasteiger partial charge >= 0.3 is 5.69 Å². The first kappa shape index (κ1) is 14.5. The van der Waals surface area contributed by atoms with Crippen molar-refractivity contribution in [2.24, 2.45) is 0 Å². The van der Waals surface area contributed by atoms with Crippen molar-refractivity contribution in [2.45, 2.75) is 6.10 Å². The molecule has 7 heteroatoms. The molecule has 1 rings (SSSR count). The van der Waals surface area contributed by atoms with Gasteiger partial charge in [-0.1, -0.05) is 6.07 Å². The first-order valence-electron chi connectivity index (χ1n) is 5.37. The summed E-state index contributed by atoms with van der Waals surface area (Å²) in [5.41, 5.74) is -0.337. The van der Waals surface area contributed by atoms with E-state index in [-0.39, 0.29) is 6.54 Å². The van der Waals surface area contributed by atoms with Crippen molar-refractivity contribution in [3.8, 4) is 0 Å². The predicted molar refractivity (Wildman–Crippen MR) is 62.8 cm³/mol. The molecule has 2 N–H and O–H groups in total. The molecule has 1 aromatic rings. The molecule has 0 saturated carbocycles. The molecule has 0 aliphatic rings. The summed E-state index contributed by atoms with van der Waals surface area (Å²) >= 11 is 0. The summed E-state index contributed by atoms with van der Waals surface area (Å²) in [6.07, 6.45) is -0.929. The Labute approximate surface area is 104 Å². The van der Waals surface area contributed by atoms with E-state index in [9.17, 15) is 19.6 Å². The molecular weight excluding hydrogens is 243 g/mol. The average Bonchev–Trinajstić information content (AvgIpc) is 2.34. The number of aliphatic hydroxyl groups excluding tert-OH is 1. The number of halogens is 1. The zero-order valence-corrected chi connectivity index (χ0v) is 9.93. The van der Waals surface area contributed by atoms with Crippen molar-refractivity contribution in [1.82, 2.24) is 5.32 Å². The number of hydrogen-bond acceptors (Lipinski definition) is 5. The highest BCUT2D eigenvalue weighted by Gasteiger charge is 2.17. The summed E-state index contributed by atoms with van der Waals surface area (Å²) in [4.78, 5) is 9.73. The number of nitrogens with one attached hydrogen (secondary N) is 1. The Kier molecular flexibility index (Phi) is 5.63. The number of benzene rings is 1. The number of rotatable bonds is 7. The minimum absolute atomic E-state index is 0.214. The molecule has 0 saturated heterocycles. The largest absolute Gasteiger partial charge is 0.387 e. The normalized spacial score (nSPS) is 12.4. The van der Waals surface area contributed by atoms with Crippen molar-refractivity contribution in [1.29, 1.82) is 0 Å². The van der Waals surface area contributed by atoms with Crippen LogP contribution < -0.4 is 5.32 Å². The zero-order chi connectivity index (χ0) is 13.5. The summed E-state index contributed by atoms with van der Waals surface area (Å²) in [6, 6.07) is 3.34. The van der Waals surface area contributed by atoms with E-state index in [0.717, 1.165) is 12.1 Å². The smallest absolute Gasteiger partial charge is 0.305 e. The molecule has 0 heterocycles. The number of nitrogens with zero attached hydrogens (tertiary/aromatic N) is 1. The first-order chi connectivity index (χ1) is 8.56. The minimum Gasteiger partial charge on any atom is -0.387 e. The number of methoxy groups -OCH3 is 1. The predicted octanol–water partition coefficient (Wildman–Crippen LogP) is 1.00. The molecule has 0 aliphatic carbocycles. The topological polar surface area (TPSA) is 84.6 Å². The van der Waals surface area contributed by atoms with E-state index in [1.54, 1.807) is 7.11 Å². The zero-order valence-electron chi connectivity index (χ0n) is 9.93. The van der Waals surface area contributed by atoms with Crippen molar-refractivity contribution in [3.05, 3.63) is 39.7 Å². The molecule has 0 spiro atoms. The van der Waals surface area contributed by atoms with Gasteiger partial charge in [-0.3, -0.25) is 10.1 Å². The van der Waals surface area contributed by atoms with Gasteiger partial charge in [-0.2, -0.15) is 4.39 Å². The Morgan fingerprint density at radius 1 is 1.61 bits per heavy atom. The Morgan fingerprint density at radius 2 is 2.33 bits per heavy atom. The summed E-state index contributed by atoms with van der Waals surface area (Å²) in [5, 5.41) is 23.2. The summed E-state index contributed by atoms with van der Waals surface area (Å²) in [5.74, 6) is -0.914. The number of ether oxygens (including phenoxy) is 1. The van der Waals surface area contributed by atoms with E-state index in [0.29, 0.717) is 18.7 Å². The molecular formula is C11H15FN2O4. The van der Waals surface area contributed by atoms with Gasteiger partial charge in [-0.25, -0.2) is 0 Å². The van der Waals surface area contributed by atoms with Gasteiger partial charge in [0.05, 0.1) is 17.6 Å². The van der Waals surface area contributed by atoms with Gasteiger partial charge in [0.25, 0.3) is 0 Å². The molecule has 100 valence electrons. The number of nitro benzene ring substituents is 1. The Hall–Kier alpha value is -1.57. The van der Waals surface area contributed by atoms with Crippen LogP contribution in [0, 0.1) is 15.9 Å². The van der Waals surface area contributed by atoms with Crippen LogP contribution in [0.4, 0.5) is 10.1 Å². The maximum atomic E-state index is 13.1. The third-order valence-corrected chi connectivity index (χ3v) is 2.37. The third kappa shape index (κ3) is 4.02. The standard InChI is InChI=1S/C11H15FN2O4/c1-18-5-4-13-7-11(15)8-2-3-9(12)10(6-8)14(16)17/h2-3,6,11,13,15H,4-5,7H2,1H3. The molecule has 0 bridgehead atoms. The third-order valence-electron chi connectivity index (χ3n) is 2.37. The second-order valence-electron chi connectivity index (χ2n) is 3.68. The van der Waals surface area contributed by atoms with Crippen LogP contribution in [0.25, 0.3) is 0 Å². The number of hydrogen-bond donors (Lipinski definition) is 2. The molecule has 0 radical (unpaired) electrons. The highest BCUT2D eigenvalue weighted by Crippen LogP contribution is 2.22. The van der Waals surface area contributed by atoms with Crippen molar-refractivity contribution < 1.29 is 19.2 Å². The average molecular weight is 258 g/mol. The number of aliphatic hydroxyl groups is 1. The fourth-order valence-corrected chi connectivity index (χ4v) is 1.41. The van der Waals surface area contributed by atoms with Gasteiger partial charge in [-0.05, 0) is 11.6 Å². The Bertz CT molecular complexity index is 414. The SMILES string of the molecule is COCCNCC(O)c1ccc(F)c([N+](=O)[O-])c1. The second kappa shape index (κ2) is 7.00. The summed E-state index contributed by atoms with van der Waals surface area (Å²) in [6.45, 7) is 1.26. The maximum Gasteiger partial charge on any atom is 0.305 e. The van der Waals surface area contributed by atoms with E-state index in [1.807, 2.05) is 0 Å². The molecule has 1 aromatic carbocycles.